The van der Waals surface area contributed by atoms with Gasteiger partial charge in [-0.3, -0.25) is 0 Å². The highest BCUT2D eigenvalue weighted by atomic mass is 16.3. The summed E-state index contributed by atoms with van der Waals surface area (Å²) in [5.74, 6) is 2.34. The van der Waals surface area contributed by atoms with E-state index in [1.165, 1.54) is 31.2 Å². The van der Waals surface area contributed by atoms with Crippen LogP contribution in [0.3, 0.4) is 0 Å². The van der Waals surface area contributed by atoms with Gasteiger partial charge in [0.1, 0.15) is 5.75 Å². The number of nitrogens with two attached hydrogens (primary N) is 1. The van der Waals surface area contributed by atoms with Crippen molar-refractivity contribution in [3.8, 4) is 5.75 Å². The summed E-state index contributed by atoms with van der Waals surface area (Å²) < 4.78 is 0. The van der Waals surface area contributed by atoms with Crippen LogP contribution in [0.25, 0.3) is 0 Å². The quantitative estimate of drug-likeness (QED) is 0.841. The third-order valence-electron chi connectivity index (χ3n) is 4.12. The van der Waals surface area contributed by atoms with Crippen molar-refractivity contribution in [3.63, 3.8) is 0 Å². The molecule has 1 saturated carbocycles. The van der Waals surface area contributed by atoms with Gasteiger partial charge in [-0.25, -0.2) is 0 Å². The minimum absolute atomic E-state index is 0.335. The number of rotatable bonds is 3. The molecule has 3 atom stereocenters. The van der Waals surface area contributed by atoms with Crippen molar-refractivity contribution in [1.82, 2.24) is 0 Å². The van der Waals surface area contributed by atoms with Crippen molar-refractivity contribution in [1.29, 1.82) is 0 Å². The molecule has 3 unspecified atom stereocenters. The van der Waals surface area contributed by atoms with Crippen LogP contribution >= 0.6 is 0 Å². The Kier molecular flexibility index (Phi) is 4.06. The Bertz CT molecular complexity index is 346. The van der Waals surface area contributed by atoms with Crippen LogP contribution in [0.15, 0.2) is 24.3 Å². The van der Waals surface area contributed by atoms with E-state index in [9.17, 15) is 5.11 Å². The summed E-state index contributed by atoms with van der Waals surface area (Å²) in [6.07, 6.45) is 5.29. The van der Waals surface area contributed by atoms with Gasteiger partial charge < -0.3 is 10.8 Å². The lowest BCUT2D eigenvalue weighted by molar-refractivity contribution is 0.248. The topological polar surface area (TPSA) is 46.2 Å². The Morgan fingerprint density at radius 1 is 1.29 bits per heavy atom. The van der Waals surface area contributed by atoms with Crippen LogP contribution in [0, 0.1) is 11.8 Å². The van der Waals surface area contributed by atoms with Gasteiger partial charge in [-0.1, -0.05) is 31.9 Å². The van der Waals surface area contributed by atoms with Crippen LogP contribution in [-0.4, -0.2) is 11.7 Å². The molecule has 2 rings (SSSR count). The molecule has 0 saturated heterocycles. The highest BCUT2D eigenvalue weighted by Crippen LogP contribution is 2.38. The molecule has 0 spiro atoms. The van der Waals surface area contributed by atoms with Gasteiger partial charge in [0.15, 0.2) is 0 Å². The zero-order chi connectivity index (χ0) is 12.3. The predicted molar refractivity (Wildman–Crippen MR) is 71.0 cm³/mol. The van der Waals surface area contributed by atoms with E-state index >= 15 is 0 Å². The van der Waals surface area contributed by atoms with E-state index in [-0.39, 0.29) is 0 Å². The average Bonchev–Trinajstić information content (AvgIpc) is 2.33. The summed E-state index contributed by atoms with van der Waals surface area (Å²) in [5.41, 5.74) is 7.24. The van der Waals surface area contributed by atoms with Crippen LogP contribution in [-0.2, 0) is 0 Å². The molecular weight excluding hydrogens is 210 g/mol. The number of hydrogen-bond acceptors (Lipinski definition) is 2. The van der Waals surface area contributed by atoms with Crippen LogP contribution in [0.4, 0.5) is 0 Å². The molecule has 0 heterocycles. The maximum absolute atomic E-state index is 9.33. The van der Waals surface area contributed by atoms with E-state index in [1.54, 1.807) is 12.1 Å². The van der Waals surface area contributed by atoms with Crippen molar-refractivity contribution in [2.75, 3.05) is 6.54 Å². The van der Waals surface area contributed by atoms with Crippen molar-refractivity contribution < 1.29 is 5.11 Å². The molecule has 94 valence electrons. The molecule has 0 amide bonds. The van der Waals surface area contributed by atoms with E-state index in [1.807, 2.05) is 12.1 Å². The first-order valence-corrected chi connectivity index (χ1v) is 6.69. The second-order valence-electron chi connectivity index (χ2n) is 5.47. The number of hydrogen-bond donors (Lipinski definition) is 2. The number of phenolic OH excluding ortho intramolecular Hbond substituents is 1. The third kappa shape index (κ3) is 3.01. The summed E-state index contributed by atoms with van der Waals surface area (Å²) in [5, 5.41) is 9.33. The molecule has 17 heavy (non-hydrogen) atoms. The molecule has 0 aliphatic heterocycles. The first-order chi connectivity index (χ1) is 8.20. The zero-order valence-electron chi connectivity index (χ0n) is 10.6. The van der Waals surface area contributed by atoms with Gasteiger partial charge in [-0.05, 0) is 54.8 Å². The molecule has 3 N–H and O–H groups in total. The molecule has 1 aliphatic rings. The van der Waals surface area contributed by atoms with Crippen LogP contribution in [0.2, 0.25) is 0 Å². The van der Waals surface area contributed by atoms with E-state index in [4.69, 9.17) is 5.73 Å². The van der Waals surface area contributed by atoms with E-state index in [0.29, 0.717) is 24.1 Å². The van der Waals surface area contributed by atoms with E-state index in [0.717, 1.165) is 5.92 Å². The Morgan fingerprint density at radius 2 is 2.00 bits per heavy atom. The monoisotopic (exact) mass is 233 g/mol. The molecule has 0 bridgehead atoms. The summed E-state index contributed by atoms with van der Waals surface area (Å²) in [4.78, 5) is 0. The van der Waals surface area contributed by atoms with Crippen molar-refractivity contribution >= 4 is 0 Å². The van der Waals surface area contributed by atoms with Gasteiger partial charge in [0, 0.05) is 0 Å². The van der Waals surface area contributed by atoms with Gasteiger partial charge in [0.05, 0.1) is 0 Å². The molecule has 1 aliphatic carbocycles. The van der Waals surface area contributed by atoms with Gasteiger partial charge in [0.2, 0.25) is 0 Å². The lowest BCUT2D eigenvalue weighted by atomic mass is 9.73. The Balaban J connectivity index is 2.12. The lowest BCUT2D eigenvalue weighted by Gasteiger charge is -2.33. The molecule has 1 aromatic rings. The smallest absolute Gasteiger partial charge is 0.115 e. The SMILES string of the molecule is CC1CCCC(C(CN)c2ccc(O)cc2)C1. The maximum Gasteiger partial charge on any atom is 0.115 e. The van der Waals surface area contributed by atoms with Crippen LogP contribution in [0.5, 0.6) is 5.75 Å². The zero-order valence-corrected chi connectivity index (χ0v) is 10.6. The first-order valence-electron chi connectivity index (χ1n) is 6.69. The summed E-state index contributed by atoms with van der Waals surface area (Å²) in [7, 11) is 0. The number of phenols is 1. The minimum atomic E-state index is 0.335. The minimum Gasteiger partial charge on any atom is -0.508 e. The highest BCUT2D eigenvalue weighted by molar-refractivity contribution is 5.29. The Hall–Kier alpha value is -1.02. The van der Waals surface area contributed by atoms with E-state index in [2.05, 4.69) is 6.92 Å². The fourth-order valence-electron chi connectivity index (χ4n) is 3.17. The molecule has 1 fully saturated rings. The first kappa shape index (κ1) is 12.4. The van der Waals surface area contributed by atoms with Gasteiger partial charge in [0.25, 0.3) is 0 Å². The Morgan fingerprint density at radius 3 is 2.59 bits per heavy atom. The van der Waals surface area contributed by atoms with Gasteiger partial charge in [-0.15, -0.1) is 0 Å². The molecule has 2 heteroatoms. The number of aromatic hydroxyl groups is 1. The largest absolute Gasteiger partial charge is 0.508 e. The van der Waals surface area contributed by atoms with Gasteiger partial charge in [-0.2, -0.15) is 0 Å². The van der Waals surface area contributed by atoms with Crippen molar-refractivity contribution in [3.05, 3.63) is 29.8 Å². The molecule has 2 nitrogen and oxygen atoms in total. The van der Waals surface area contributed by atoms with Crippen molar-refractivity contribution in [2.24, 2.45) is 17.6 Å². The van der Waals surface area contributed by atoms with Crippen LogP contribution in [0.1, 0.15) is 44.1 Å². The number of benzene rings is 1. The fraction of sp³-hybridized carbons (Fsp3) is 0.600. The normalized spacial score (nSPS) is 26.7. The van der Waals surface area contributed by atoms with Gasteiger partial charge >= 0.3 is 0 Å². The standard InChI is InChI=1S/C15H23NO/c1-11-3-2-4-13(9-11)15(10-16)12-5-7-14(17)8-6-12/h5-8,11,13,15,17H,2-4,9-10,16H2,1H3. The third-order valence-corrected chi connectivity index (χ3v) is 4.12. The highest BCUT2D eigenvalue weighted by Gasteiger charge is 2.26. The molecule has 1 aromatic carbocycles. The lowest BCUT2D eigenvalue weighted by Crippen LogP contribution is -2.26. The summed E-state index contributed by atoms with van der Waals surface area (Å²) in [6, 6.07) is 7.58. The second kappa shape index (κ2) is 5.54. The molecule has 0 aromatic heterocycles. The average molecular weight is 233 g/mol. The fourth-order valence-corrected chi connectivity index (χ4v) is 3.17. The Labute approximate surface area is 104 Å². The van der Waals surface area contributed by atoms with E-state index < -0.39 is 0 Å². The molecule has 0 radical (unpaired) electrons. The van der Waals surface area contributed by atoms with Crippen molar-refractivity contribution in [2.45, 2.75) is 38.5 Å². The van der Waals surface area contributed by atoms with Crippen LogP contribution < -0.4 is 5.73 Å². The second-order valence-corrected chi connectivity index (χ2v) is 5.47. The summed E-state index contributed by atoms with van der Waals surface area (Å²) >= 11 is 0. The summed E-state index contributed by atoms with van der Waals surface area (Å²) in [6.45, 7) is 3.05. The predicted octanol–water partition coefficient (Wildman–Crippen LogP) is 3.26. The maximum atomic E-state index is 9.33. The molecular formula is C15H23NO.